The van der Waals surface area contributed by atoms with E-state index in [1.807, 2.05) is 5.48 Å². The van der Waals surface area contributed by atoms with E-state index in [-0.39, 0.29) is 5.76 Å². The van der Waals surface area contributed by atoms with Gasteiger partial charge in [-0.25, -0.2) is 10.3 Å². The van der Waals surface area contributed by atoms with Gasteiger partial charge in [0.25, 0.3) is 0 Å². The monoisotopic (exact) mass is 207 g/mol. The quantitative estimate of drug-likeness (QED) is 0.666. The Morgan fingerprint density at radius 2 is 2.20 bits per heavy atom. The minimum absolute atomic E-state index is 0.0842. The number of nitrogens with one attached hydrogen (secondary N) is 1. The highest BCUT2D eigenvalue weighted by Gasteiger charge is 2.10. The molecule has 1 heterocycles. The van der Waals surface area contributed by atoms with Crippen molar-refractivity contribution in [2.24, 2.45) is 0 Å². The molecule has 3 N–H and O–H groups in total. The van der Waals surface area contributed by atoms with Gasteiger partial charge in [0.15, 0.2) is 0 Å². The molecule has 0 saturated carbocycles. The molecule has 2 rings (SSSR count). The molecule has 0 aliphatic carbocycles. The molecule has 0 aliphatic rings. The van der Waals surface area contributed by atoms with Crippen LogP contribution in [0, 0.1) is 0 Å². The van der Waals surface area contributed by atoms with Crippen molar-refractivity contribution in [3.05, 3.63) is 35.6 Å². The van der Waals surface area contributed by atoms with Gasteiger partial charge in [0, 0.05) is 11.9 Å². The molecule has 0 fully saturated rings. The second-order valence-corrected chi connectivity index (χ2v) is 3.12. The molecule has 0 aliphatic heterocycles. The average Bonchev–Trinajstić information content (AvgIpc) is 2.61. The lowest BCUT2D eigenvalue weighted by Crippen LogP contribution is -2.05. The lowest BCUT2D eigenvalue weighted by atomic mass is 10.1. The smallest absolute Gasteiger partial charge is 0.371 e. The summed E-state index contributed by atoms with van der Waals surface area (Å²) >= 11 is 0. The number of aromatic carboxylic acids is 1. The van der Waals surface area contributed by atoms with Crippen LogP contribution in [0.5, 0.6) is 0 Å². The predicted molar refractivity (Wildman–Crippen MR) is 51.8 cm³/mol. The molecule has 0 amide bonds. The van der Waals surface area contributed by atoms with E-state index in [0.717, 1.165) is 5.56 Å². The van der Waals surface area contributed by atoms with Gasteiger partial charge >= 0.3 is 5.97 Å². The number of rotatable bonds is 3. The summed E-state index contributed by atoms with van der Waals surface area (Å²) in [4.78, 5) is 10.6. The zero-order chi connectivity index (χ0) is 10.8. The van der Waals surface area contributed by atoms with Gasteiger partial charge < -0.3 is 14.7 Å². The number of hydrogen-bond donors (Lipinski definition) is 3. The van der Waals surface area contributed by atoms with Crippen LogP contribution >= 0.6 is 0 Å². The maximum Gasteiger partial charge on any atom is 0.371 e. The Bertz CT molecular complexity index is 503. The first-order chi connectivity index (χ1) is 7.20. The summed E-state index contributed by atoms with van der Waals surface area (Å²) in [5.74, 6) is -1.17. The summed E-state index contributed by atoms with van der Waals surface area (Å²) in [5, 5.41) is 17.9. The highest BCUT2D eigenvalue weighted by Crippen LogP contribution is 2.20. The lowest BCUT2D eigenvalue weighted by molar-refractivity contribution is 0.0665. The largest absolute Gasteiger partial charge is 0.475 e. The van der Waals surface area contributed by atoms with E-state index in [2.05, 4.69) is 0 Å². The Hall–Kier alpha value is -1.85. The summed E-state index contributed by atoms with van der Waals surface area (Å²) in [6, 6.07) is 6.64. The molecule has 0 saturated heterocycles. The third kappa shape index (κ3) is 1.83. The lowest BCUT2D eigenvalue weighted by Gasteiger charge is -1.97. The van der Waals surface area contributed by atoms with Crippen LogP contribution in [0.1, 0.15) is 16.1 Å². The first-order valence-electron chi connectivity index (χ1n) is 4.33. The summed E-state index contributed by atoms with van der Waals surface area (Å²) in [7, 11) is 0. The van der Waals surface area contributed by atoms with E-state index in [0.29, 0.717) is 17.5 Å². The zero-order valence-corrected chi connectivity index (χ0v) is 7.73. The number of carboxylic acids is 1. The van der Waals surface area contributed by atoms with Crippen LogP contribution in [0.15, 0.2) is 28.7 Å². The van der Waals surface area contributed by atoms with Crippen LogP contribution in [-0.2, 0) is 6.54 Å². The SMILES string of the molecule is O=C(O)c1cc2cc(CNO)ccc2o1. The highest BCUT2D eigenvalue weighted by molar-refractivity contribution is 5.91. The van der Waals surface area contributed by atoms with E-state index >= 15 is 0 Å². The van der Waals surface area contributed by atoms with Crippen molar-refractivity contribution in [2.45, 2.75) is 6.54 Å². The highest BCUT2D eigenvalue weighted by atomic mass is 16.5. The Morgan fingerprint density at radius 3 is 2.87 bits per heavy atom. The van der Waals surface area contributed by atoms with Crippen LogP contribution in [0.25, 0.3) is 11.0 Å². The van der Waals surface area contributed by atoms with Crippen molar-refractivity contribution in [1.82, 2.24) is 5.48 Å². The number of benzene rings is 1. The predicted octanol–water partition coefficient (Wildman–Crippen LogP) is 1.61. The Balaban J connectivity index is 2.47. The maximum absolute atomic E-state index is 10.6. The van der Waals surface area contributed by atoms with Gasteiger partial charge in [-0.3, -0.25) is 0 Å². The van der Waals surface area contributed by atoms with Crippen LogP contribution in [0.4, 0.5) is 0 Å². The van der Waals surface area contributed by atoms with Gasteiger partial charge in [0.05, 0.1) is 0 Å². The molecule has 1 aromatic heterocycles. The van der Waals surface area contributed by atoms with Gasteiger partial charge in [-0.1, -0.05) is 6.07 Å². The van der Waals surface area contributed by atoms with Crippen molar-refractivity contribution in [3.8, 4) is 0 Å². The van der Waals surface area contributed by atoms with Gasteiger partial charge in [-0.05, 0) is 23.8 Å². The zero-order valence-electron chi connectivity index (χ0n) is 7.73. The van der Waals surface area contributed by atoms with E-state index in [9.17, 15) is 4.79 Å². The van der Waals surface area contributed by atoms with Crippen molar-refractivity contribution >= 4 is 16.9 Å². The fourth-order valence-corrected chi connectivity index (χ4v) is 1.40. The minimum atomic E-state index is -1.09. The van der Waals surface area contributed by atoms with Crippen LogP contribution in [0.2, 0.25) is 0 Å². The summed E-state index contributed by atoms with van der Waals surface area (Å²) in [6.07, 6.45) is 0. The molecule has 1 aromatic carbocycles. The fraction of sp³-hybridized carbons (Fsp3) is 0.100. The fourth-order valence-electron chi connectivity index (χ4n) is 1.40. The number of hydrogen-bond acceptors (Lipinski definition) is 4. The van der Waals surface area contributed by atoms with Crippen LogP contribution in [-0.4, -0.2) is 16.3 Å². The van der Waals surface area contributed by atoms with Crippen LogP contribution < -0.4 is 5.48 Å². The van der Waals surface area contributed by atoms with E-state index < -0.39 is 5.97 Å². The topological polar surface area (TPSA) is 82.7 Å². The molecule has 15 heavy (non-hydrogen) atoms. The second kappa shape index (κ2) is 3.72. The molecular formula is C10H9NO4. The number of carbonyl (C=O) groups is 1. The average molecular weight is 207 g/mol. The third-order valence-corrected chi connectivity index (χ3v) is 2.07. The molecule has 0 radical (unpaired) electrons. The van der Waals surface area contributed by atoms with Crippen LogP contribution in [0.3, 0.4) is 0 Å². The maximum atomic E-state index is 10.6. The molecule has 0 unspecified atom stereocenters. The van der Waals surface area contributed by atoms with E-state index in [1.165, 1.54) is 6.07 Å². The number of carboxylic acid groups (broad SMARTS) is 1. The van der Waals surface area contributed by atoms with E-state index in [4.69, 9.17) is 14.7 Å². The van der Waals surface area contributed by atoms with Crippen molar-refractivity contribution in [2.75, 3.05) is 0 Å². The Labute approximate surface area is 84.9 Å². The molecule has 78 valence electrons. The number of hydroxylamine groups is 1. The molecular weight excluding hydrogens is 198 g/mol. The summed E-state index contributed by atoms with van der Waals surface area (Å²) < 4.78 is 5.08. The molecule has 0 spiro atoms. The van der Waals surface area contributed by atoms with Crippen molar-refractivity contribution < 1.29 is 19.5 Å². The van der Waals surface area contributed by atoms with Gasteiger partial charge in [0.1, 0.15) is 5.58 Å². The molecule has 0 atom stereocenters. The molecule has 0 bridgehead atoms. The van der Waals surface area contributed by atoms with Gasteiger partial charge in [-0.2, -0.15) is 0 Å². The normalized spacial score (nSPS) is 10.7. The van der Waals surface area contributed by atoms with E-state index in [1.54, 1.807) is 18.2 Å². The minimum Gasteiger partial charge on any atom is -0.475 e. The first-order valence-corrected chi connectivity index (χ1v) is 4.33. The Kier molecular flexibility index (Phi) is 2.40. The second-order valence-electron chi connectivity index (χ2n) is 3.12. The number of fused-ring (bicyclic) bond motifs is 1. The Morgan fingerprint density at radius 1 is 1.40 bits per heavy atom. The molecule has 2 aromatic rings. The molecule has 5 nitrogen and oxygen atoms in total. The summed E-state index contributed by atoms with van der Waals surface area (Å²) in [6.45, 7) is 0.309. The van der Waals surface area contributed by atoms with Gasteiger partial charge in [0.2, 0.25) is 5.76 Å². The van der Waals surface area contributed by atoms with Gasteiger partial charge in [-0.15, -0.1) is 0 Å². The molecule has 5 heteroatoms. The third-order valence-electron chi connectivity index (χ3n) is 2.07. The van der Waals surface area contributed by atoms with Crippen molar-refractivity contribution in [1.29, 1.82) is 0 Å². The summed E-state index contributed by atoms with van der Waals surface area (Å²) in [5.41, 5.74) is 3.40. The number of furan rings is 1. The standard InChI is InChI=1S/C10H9NO4/c12-10(13)9-4-7-3-6(5-11-14)1-2-8(7)15-9/h1-4,11,14H,5H2,(H,12,13). The van der Waals surface area contributed by atoms with Crippen molar-refractivity contribution in [3.63, 3.8) is 0 Å². The first kappa shape index (κ1) is 9.70.